The van der Waals surface area contributed by atoms with E-state index in [0.717, 1.165) is 0 Å². The second kappa shape index (κ2) is 6.72. The highest BCUT2D eigenvalue weighted by Gasteiger charge is 2.36. The van der Waals surface area contributed by atoms with E-state index in [-0.39, 0.29) is 5.04 Å². The highest BCUT2D eigenvalue weighted by molar-refractivity contribution is 6.74. The zero-order valence-corrected chi connectivity index (χ0v) is 14.7. The third kappa shape index (κ3) is 4.94. The summed E-state index contributed by atoms with van der Waals surface area (Å²) in [7, 11) is -1.77. The minimum absolute atomic E-state index is 0.161. The van der Waals surface area contributed by atoms with Crippen molar-refractivity contribution in [3.63, 3.8) is 0 Å². The SMILES string of the molecule is CC(OCCO[Si](C)(C)C(C)(C)C)n1ccc(=O)[nH]c1=O. The number of aromatic nitrogens is 2. The molecule has 7 heteroatoms. The Hall–Kier alpha value is -1.18. The third-order valence-electron chi connectivity index (χ3n) is 3.95. The number of aromatic amines is 1. The van der Waals surface area contributed by atoms with Gasteiger partial charge in [-0.25, -0.2) is 4.79 Å². The van der Waals surface area contributed by atoms with Crippen LogP contribution in [0.4, 0.5) is 0 Å². The molecule has 0 spiro atoms. The van der Waals surface area contributed by atoms with E-state index in [2.05, 4.69) is 38.8 Å². The molecule has 0 amide bonds. The lowest BCUT2D eigenvalue weighted by molar-refractivity contribution is -0.00372. The number of rotatable bonds is 6. The van der Waals surface area contributed by atoms with Crippen molar-refractivity contribution in [3.05, 3.63) is 33.1 Å². The molecule has 0 fully saturated rings. The Morgan fingerprint density at radius 1 is 1.29 bits per heavy atom. The van der Waals surface area contributed by atoms with Crippen molar-refractivity contribution < 1.29 is 9.16 Å². The van der Waals surface area contributed by atoms with Gasteiger partial charge in [0.1, 0.15) is 6.23 Å². The normalized spacial score (nSPS) is 14.2. The molecule has 0 aliphatic carbocycles. The number of nitrogens with one attached hydrogen (secondary N) is 1. The molecule has 0 aromatic carbocycles. The minimum atomic E-state index is -1.77. The Labute approximate surface area is 126 Å². The summed E-state index contributed by atoms with van der Waals surface area (Å²) in [5, 5.41) is 0.161. The van der Waals surface area contributed by atoms with Gasteiger partial charge < -0.3 is 9.16 Å². The minimum Gasteiger partial charge on any atom is -0.414 e. The highest BCUT2D eigenvalue weighted by atomic mass is 28.4. The molecule has 0 saturated heterocycles. The van der Waals surface area contributed by atoms with Crippen LogP contribution in [-0.4, -0.2) is 31.1 Å². The first kappa shape index (κ1) is 17.9. The van der Waals surface area contributed by atoms with E-state index in [1.807, 2.05) is 0 Å². The number of hydrogen-bond acceptors (Lipinski definition) is 4. The van der Waals surface area contributed by atoms with Gasteiger partial charge in [-0.3, -0.25) is 14.3 Å². The van der Waals surface area contributed by atoms with E-state index in [0.29, 0.717) is 13.2 Å². The van der Waals surface area contributed by atoms with Gasteiger partial charge in [0.05, 0.1) is 13.2 Å². The molecule has 0 aliphatic rings. The van der Waals surface area contributed by atoms with E-state index < -0.39 is 25.8 Å². The van der Waals surface area contributed by atoms with Gasteiger partial charge >= 0.3 is 5.69 Å². The van der Waals surface area contributed by atoms with Crippen LogP contribution in [0.1, 0.15) is 33.9 Å². The van der Waals surface area contributed by atoms with Gasteiger partial charge in [-0.2, -0.15) is 0 Å². The lowest BCUT2D eigenvalue weighted by Gasteiger charge is -2.36. The maximum Gasteiger partial charge on any atom is 0.330 e. The lowest BCUT2D eigenvalue weighted by atomic mass is 10.2. The van der Waals surface area contributed by atoms with E-state index in [9.17, 15) is 9.59 Å². The van der Waals surface area contributed by atoms with Crippen LogP contribution < -0.4 is 11.2 Å². The summed E-state index contributed by atoms with van der Waals surface area (Å²) in [5.41, 5.74) is -0.884. The van der Waals surface area contributed by atoms with Gasteiger partial charge in [0.25, 0.3) is 5.56 Å². The summed E-state index contributed by atoms with van der Waals surface area (Å²) >= 11 is 0. The summed E-state index contributed by atoms with van der Waals surface area (Å²) in [5.74, 6) is 0. The molecule has 1 heterocycles. The zero-order valence-electron chi connectivity index (χ0n) is 13.7. The van der Waals surface area contributed by atoms with Crippen molar-refractivity contribution in [2.45, 2.75) is 52.1 Å². The molecule has 0 aliphatic heterocycles. The number of H-pyrrole nitrogens is 1. The van der Waals surface area contributed by atoms with E-state index in [4.69, 9.17) is 9.16 Å². The van der Waals surface area contributed by atoms with Gasteiger partial charge in [-0.15, -0.1) is 0 Å². The second-order valence-electron chi connectivity index (χ2n) is 6.60. The van der Waals surface area contributed by atoms with Crippen molar-refractivity contribution in [1.29, 1.82) is 0 Å². The van der Waals surface area contributed by atoms with Crippen molar-refractivity contribution in [2.75, 3.05) is 13.2 Å². The molecule has 120 valence electrons. The third-order valence-corrected chi connectivity index (χ3v) is 8.49. The summed E-state index contributed by atoms with van der Waals surface area (Å²) < 4.78 is 12.9. The van der Waals surface area contributed by atoms with E-state index >= 15 is 0 Å². The van der Waals surface area contributed by atoms with Crippen LogP contribution in [0.2, 0.25) is 18.1 Å². The number of ether oxygens (including phenoxy) is 1. The molecule has 1 rings (SSSR count). The van der Waals surface area contributed by atoms with Crippen molar-refractivity contribution in [3.8, 4) is 0 Å². The fraction of sp³-hybridized carbons (Fsp3) is 0.714. The maximum absolute atomic E-state index is 11.6. The largest absolute Gasteiger partial charge is 0.414 e. The molecule has 0 saturated carbocycles. The molecule has 1 aromatic heterocycles. The van der Waals surface area contributed by atoms with Gasteiger partial charge in [0.15, 0.2) is 8.32 Å². The van der Waals surface area contributed by atoms with E-state index in [1.54, 1.807) is 6.92 Å². The fourth-order valence-electron chi connectivity index (χ4n) is 1.53. The van der Waals surface area contributed by atoms with Gasteiger partial charge in [-0.05, 0) is 25.1 Å². The molecule has 6 nitrogen and oxygen atoms in total. The summed E-state index contributed by atoms with van der Waals surface area (Å²) in [4.78, 5) is 24.8. The standard InChI is InChI=1S/C14H26N2O4Si/c1-11(16-8-7-12(17)15-13(16)18)19-9-10-20-21(5,6)14(2,3)4/h7-8,11H,9-10H2,1-6H3,(H,15,17,18). The molecule has 21 heavy (non-hydrogen) atoms. The predicted molar refractivity (Wildman–Crippen MR) is 85.1 cm³/mol. The molecular formula is C14H26N2O4Si. The van der Waals surface area contributed by atoms with Crippen LogP contribution in [0.15, 0.2) is 21.9 Å². The maximum atomic E-state index is 11.6. The molecule has 0 bridgehead atoms. The second-order valence-corrected chi connectivity index (χ2v) is 11.4. The molecule has 1 N–H and O–H groups in total. The van der Waals surface area contributed by atoms with Crippen molar-refractivity contribution in [2.24, 2.45) is 0 Å². The highest BCUT2D eigenvalue weighted by Crippen LogP contribution is 2.36. The van der Waals surface area contributed by atoms with Crippen LogP contribution in [0, 0.1) is 0 Å². The quantitative estimate of drug-likeness (QED) is 0.644. The van der Waals surface area contributed by atoms with Gasteiger partial charge in [0.2, 0.25) is 0 Å². The lowest BCUT2D eigenvalue weighted by Crippen LogP contribution is -2.41. The Morgan fingerprint density at radius 3 is 2.43 bits per heavy atom. The summed E-state index contributed by atoms with van der Waals surface area (Å²) in [6.07, 6.45) is 0.984. The zero-order chi connectivity index (χ0) is 16.3. The first-order chi connectivity index (χ1) is 9.54. The Morgan fingerprint density at radius 2 is 1.90 bits per heavy atom. The summed E-state index contributed by atoms with van der Waals surface area (Å²) in [6.45, 7) is 13.6. The fourth-order valence-corrected chi connectivity index (χ4v) is 2.55. The Balaban J connectivity index is 2.50. The first-order valence-electron chi connectivity index (χ1n) is 7.11. The average molecular weight is 314 g/mol. The van der Waals surface area contributed by atoms with Gasteiger partial charge in [-0.1, -0.05) is 20.8 Å². The average Bonchev–Trinajstić information content (AvgIpc) is 2.33. The Bertz CT molecular complexity index is 571. The van der Waals surface area contributed by atoms with Crippen LogP contribution in [0.25, 0.3) is 0 Å². The van der Waals surface area contributed by atoms with Crippen LogP contribution in [0.5, 0.6) is 0 Å². The smallest absolute Gasteiger partial charge is 0.330 e. The topological polar surface area (TPSA) is 73.3 Å². The molecule has 1 atom stereocenters. The molecule has 0 radical (unpaired) electrons. The van der Waals surface area contributed by atoms with Crippen LogP contribution in [0.3, 0.4) is 0 Å². The first-order valence-corrected chi connectivity index (χ1v) is 10.0. The van der Waals surface area contributed by atoms with Crippen LogP contribution >= 0.6 is 0 Å². The number of nitrogens with zero attached hydrogens (tertiary/aromatic N) is 1. The van der Waals surface area contributed by atoms with Gasteiger partial charge in [0, 0.05) is 12.3 Å². The Kier molecular flexibility index (Phi) is 5.72. The van der Waals surface area contributed by atoms with Crippen molar-refractivity contribution in [1.82, 2.24) is 9.55 Å². The number of hydrogen-bond donors (Lipinski definition) is 1. The van der Waals surface area contributed by atoms with E-state index in [1.165, 1.54) is 16.8 Å². The molecular weight excluding hydrogens is 288 g/mol. The molecule has 1 aromatic rings. The monoisotopic (exact) mass is 314 g/mol. The summed E-state index contributed by atoms with van der Waals surface area (Å²) in [6, 6.07) is 1.30. The predicted octanol–water partition coefficient (Wildman–Crippen LogP) is 2.09. The van der Waals surface area contributed by atoms with Crippen molar-refractivity contribution >= 4 is 8.32 Å². The van der Waals surface area contributed by atoms with Crippen LogP contribution in [-0.2, 0) is 9.16 Å². The molecule has 1 unspecified atom stereocenters.